The summed E-state index contributed by atoms with van der Waals surface area (Å²) >= 11 is 5.68. The molecule has 0 saturated heterocycles. The molecule has 8 heteroatoms. The van der Waals surface area contributed by atoms with Gasteiger partial charge in [0, 0.05) is 23.4 Å². The normalized spacial score (nSPS) is 10.6. The lowest BCUT2D eigenvalue weighted by Crippen LogP contribution is -2.13. The second kappa shape index (κ2) is 8.64. The maximum atomic E-state index is 13.7. The predicted octanol–water partition coefficient (Wildman–Crippen LogP) is 4.50. The molecule has 0 spiro atoms. The van der Waals surface area contributed by atoms with Crippen LogP contribution in [-0.2, 0) is 11.2 Å². The molecule has 2 aromatic carbocycles. The van der Waals surface area contributed by atoms with Crippen molar-refractivity contribution >= 4 is 23.2 Å². The summed E-state index contributed by atoms with van der Waals surface area (Å²) in [5.41, 5.74) is 0.853. The number of amides is 1. The molecule has 3 aromatic rings. The van der Waals surface area contributed by atoms with Crippen molar-refractivity contribution in [2.75, 3.05) is 11.9 Å². The van der Waals surface area contributed by atoms with Gasteiger partial charge in [0.15, 0.2) is 0 Å². The van der Waals surface area contributed by atoms with Crippen molar-refractivity contribution in [3.8, 4) is 17.1 Å². The molecule has 140 valence electrons. The first-order valence-corrected chi connectivity index (χ1v) is 8.73. The molecule has 1 amide bonds. The van der Waals surface area contributed by atoms with Crippen LogP contribution in [0.4, 0.5) is 10.1 Å². The van der Waals surface area contributed by atoms with Crippen LogP contribution in [0.15, 0.2) is 47.0 Å². The number of carbonyl (C=O) groups is 1. The van der Waals surface area contributed by atoms with E-state index < -0.39 is 5.82 Å². The van der Waals surface area contributed by atoms with Crippen LogP contribution in [0.1, 0.15) is 19.2 Å². The van der Waals surface area contributed by atoms with Gasteiger partial charge in [-0.2, -0.15) is 4.98 Å². The van der Waals surface area contributed by atoms with Crippen molar-refractivity contribution in [2.24, 2.45) is 0 Å². The molecule has 0 saturated carbocycles. The Balaban J connectivity index is 1.56. The standard InChI is InChI=1S/C19H17ClFN3O3/c1-2-26-14-6-3-12(4-7-14)19-23-18(27-24-19)10-9-17(25)22-16-8-5-13(20)11-15(16)21/h3-8,11H,2,9-10H2,1H3,(H,22,25). The maximum absolute atomic E-state index is 13.7. The lowest BCUT2D eigenvalue weighted by molar-refractivity contribution is -0.116. The molecule has 0 radical (unpaired) electrons. The van der Waals surface area contributed by atoms with Crippen LogP contribution < -0.4 is 10.1 Å². The summed E-state index contributed by atoms with van der Waals surface area (Å²) in [7, 11) is 0. The zero-order valence-corrected chi connectivity index (χ0v) is 15.3. The van der Waals surface area contributed by atoms with E-state index in [1.807, 2.05) is 31.2 Å². The van der Waals surface area contributed by atoms with Crippen molar-refractivity contribution in [1.82, 2.24) is 10.1 Å². The van der Waals surface area contributed by atoms with Gasteiger partial charge >= 0.3 is 0 Å². The first-order chi connectivity index (χ1) is 13.0. The van der Waals surface area contributed by atoms with Crippen LogP contribution in [0.25, 0.3) is 11.4 Å². The van der Waals surface area contributed by atoms with Gasteiger partial charge in [0.05, 0.1) is 12.3 Å². The minimum atomic E-state index is -0.591. The molecule has 0 atom stereocenters. The summed E-state index contributed by atoms with van der Waals surface area (Å²) in [5.74, 6) is 0.558. The van der Waals surface area contributed by atoms with Gasteiger partial charge in [-0.25, -0.2) is 4.39 Å². The van der Waals surface area contributed by atoms with Gasteiger partial charge in [-0.05, 0) is 49.4 Å². The van der Waals surface area contributed by atoms with Crippen molar-refractivity contribution in [2.45, 2.75) is 19.8 Å². The van der Waals surface area contributed by atoms with Gasteiger partial charge in [0.2, 0.25) is 17.6 Å². The second-order valence-corrected chi connectivity index (χ2v) is 6.08. The van der Waals surface area contributed by atoms with Gasteiger partial charge in [-0.15, -0.1) is 0 Å². The predicted molar refractivity (Wildman–Crippen MR) is 99.3 cm³/mol. The lowest BCUT2D eigenvalue weighted by Gasteiger charge is -2.05. The summed E-state index contributed by atoms with van der Waals surface area (Å²) in [6.45, 7) is 2.50. The first kappa shape index (κ1) is 18.8. The molecule has 27 heavy (non-hydrogen) atoms. The van der Waals surface area contributed by atoms with E-state index in [0.717, 1.165) is 17.4 Å². The SMILES string of the molecule is CCOc1ccc(-c2noc(CCC(=O)Nc3ccc(Cl)cc3F)n2)cc1. The van der Waals surface area contributed by atoms with Crippen LogP contribution in [-0.4, -0.2) is 22.7 Å². The largest absolute Gasteiger partial charge is 0.494 e. The van der Waals surface area contributed by atoms with Crippen LogP contribution in [0.5, 0.6) is 5.75 Å². The zero-order valence-electron chi connectivity index (χ0n) is 14.5. The van der Waals surface area contributed by atoms with Gasteiger partial charge in [-0.3, -0.25) is 4.79 Å². The Morgan fingerprint density at radius 3 is 2.74 bits per heavy atom. The van der Waals surface area contributed by atoms with E-state index in [2.05, 4.69) is 15.5 Å². The molecule has 1 N–H and O–H groups in total. The van der Waals surface area contributed by atoms with E-state index in [1.54, 1.807) is 0 Å². The minimum absolute atomic E-state index is 0.0741. The van der Waals surface area contributed by atoms with Crippen LogP contribution in [0, 0.1) is 5.82 Å². The van der Waals surface area contributed by atoms with Crippen LogP contribution in [0.2, 0.25) is 5.02 Å². The molecule has 3 rings (SSSR count). The second-order valence-electron chi connectivity index (χ2n) is 5.64. The van der Waals surface area contributed by atoms with E-state index in [4.69, 9.17) is 20.9 Å². The molecule has 0 aliphatic carbocycles. The number of carbonyl (C=O) groups excluding carboxylic acids is 1. The molecule has 0 aliphatic heterocycles. The van der Waals surface area contributed by atoms with Gasteiger partial charge in [0.25, 0.3) is 0 Å². The highest BCUT2D eigenvalue weighted by molar-refractivity contribution is 6.30. The van der Waals surface area contributed by atoms with E-state index in [9.17, 15) is 9.18 Å². The smallest absolute Gasteiger partial charge is 0.227 e. The molecule has 0 unspecified atom stereocenters. The number of hydrogen-bond acceptors (Lipinski definition) is 5. The highest BCUT2D eigenvalue weighted by Crippen LogP contribution is 2.21. The number of nitrogens with zero attached hydrogens (tertiary/aromatic N) is 2. The van der Waals surface area contributed by atoms with Crippen molar-refractivity contribution in [3.63, 3.8) is 0 Å². The lowest BCUT2D eigenvalue weighted by atomic mass is 10.2. The molecule has 0 fully saturated rings. The molecule has 0 bridgehead atoms. The third-order valence-electron chi connectivity index (χ3n) is 3.66. The Hall–Kier alpha value is -2.93. The van der Waals surface area contributed by atoms with Crippen molar-refractivity contribution in [1.29, 1.82) is 0 Å². The fraction of sp³-hybridized carbons (Fsp3) is 0.211. The third-order valence-corrected chi connectivity index (χ3v) is 3.90. The number of aryl methyl sites for hydroxylation is 1. The van der Waals surface area contributed by atoms with Crippen molar-refractivity contribution in [3.05, 3.63) is 59.2 Å². The van der Waals surface area contributed by atoms with E-state index in [0.29, 0.717) is 18.3 Å². The van der Waals surface area contributed by atoms with Crippen LogP contribution in [0.3, 0.4) is 0 Å². The Bertz CT molecular complexity index is 928. The Kier molecular flexibility index (Phi) is 6.03. The maximum Gasteiger partial charge on any atom is 0.227 e. The topological polar surface area (TPSA) is 77.2 Å². The molecule has 6 nitrogen and oxygen atoms in total. The zero-order chi connectivity index (χ0) is 19.2. The molecule has 1 heterocycles. The monoisotopic (exact) mass is 389 g/mol. The fourth-order valence-corrected chi connectivity index (χ4v) is 2.52. The molecular weight excluding hydrogens is 373 g/mol. The molecule has 0 aliphatic rings. The quantitative estimate of drug-likeness (QED) is 0.643. The highest BCUT2D eigenvalue weighted by atomic mass is 35.5. The van der Waals surface area contributed by atoms with E-state index >= 15 is 0 Å². The molecule has 1 aromatic heterocycles. The highest BCUT2D eigenvalue weighted by Gasteiger charge is 2.12. The Labute approximate surface area is 160 Å². The minimum Gasteiger partial charge on any atom is -0.494 e. The first-order valence-electron chi connectivity index (χ1n) is 8.36. The van der Waals surface area contributed by atoms with Crippen molar-refractivity contribution < 1.29 is 18.4 Å². The average molecular weight is 390 g/mol. The average Bonchev–Trinajstić information content (AvgIpc) is 3.12. The van der Waals surface area contributed by atoms with Gasteiger partial charge in [-0.1, -0.05) is 16.8 Å². The number of benzene rings is 2. The summed E-state index contributed by atoms with van der Waals surface area (Å²) in [4.78, 5) is 16.3. The molecular formula is C19H17ClFN3O3. The van der Waals surface area contributed by atoms with Gasteiger partial charge in [0.1, 0.15) is 11.6 Å². The Morgan fingerprint density at radius 1 is 1.26 bits per heavy atom. The Morgan fingerprint density at radius 2 is 2.04 bits per heavy atom. The van der Waals surface area contributed by atoms with Crippen LogP contribution >= 0.6 is 11.6 Å². The summed E-state index contributed by atoms with van der Waals surface area (Å²) in [6, 6.07) is 11.4. The number of ether oxygens (including phenoxy) is 1. The number of aromatic nitrogens is 2. The number of nitrogens with one attached hydrogen (secondary N) is 1. The summed E-state index contributed by atoms with van der Waals surface area (Å²) in [5, 5.41) is 6.66. The number of hydrogen-bond donors (Lipinski definition) is 1. The number of halogens is 2. The summed E-state index contributed by atoms with van der Waals surface area (Å²) < 4.78 is 24.3. The summed E-state index contributed by atoms with van der Waals surface area (Å²) in [6.07, 6.45) is 0.318. The van der Waals surface area contributed by atoms with E-state index in [1.165, 1.54) is 12.1 Å². The number of anilines is 1. The number of rotatable bonds is 7. The van der Waals surface area contributed by atoms with Gasteiger partial charge < -0.3 is 14.6 Å². The fourth-order valence-electron chi connectivity index (χ4n) is 2.36. The van der Waals surface area contributed by atoms with E-state index in [-0.39, 0.29) is 29.5 Å². The third kappa shape index (κ3) is 5.04.